The third-order valence-corrected chi connectivity index (χ3v) is 13.9. The minimum atomic E-state index is -0.131. The van der Waals surface area contributed by atoms with Crippen LogP contribution in [-0.2, 0) is 16.2 Å². The number of benzene rings is 6. The van der Waals surface area contributed by atoms with E-state index in [4.69, 9.17) is 0 Å². The molecule has 6 aromatic carbocycles. The first-order valence-electron chi connectivity index (χ1n) is 20.8. The Kier molecular flexibility index (Phi) is 7.25. The maximum atomic E-state index is 4.16. The van der Waals surface area contributed by atoms with E-state index in [2.05, 4.69) is 215 Å². The van der Waals surface area contributed by atoms with Crippen molar-refractivity contribution in [3.63, 3.8) is 0 Å². The molecule has 0 radical (unpaired) electrons. The second kappa shape index (κ2) is 12.1. The Labute approximate surface area is 342 Å². The fraction of sp³-hybridized carbons (Fsp3) is 0.179. The number of para-hydroxylation sites is 2. The molecule has 282 valence electrons. The summed E-state index contributed by atoms with van der Waals surface area (Å²) in [6.45, 7) is 18.4. The van der Waals surface area contributed by atoms with Gasteiger partial charge in [-0.15, -0.1) is 0 Å². The number of fused-ring (bicyclic) bond motifs is 10. The van der Waals surface area contributed by atoms with Crippen LogP contribution in [0.3, 0.4) is 0 Å². The Bertz CT molecular complexity index is 3010. The van der Waals surface area contributed by atoms with Gasteiger partial charge in [-0.2, -0.15) is 0 Å². The largest absolute Gasteiger partial charge is 0.310 e. The van der Waals surface area contributed by atoms with Crippen LogP contribution in [-0.4, -0.2) is 4.57 Å². The molecule has 0 bridgehead atoms. The molecular weight excluding hydrogens is 701 g/mol. The summed E-state index contributed by atoms with van der Waals surface area (Å²) in [7, 11) is 0. The highest BCUT2D eigenvalue weighted by Gasteiger charge is 2.43. The van der Waals surface area contributed by atoms with Gasteiger partial charge in [0.2, 0.25) is 0 Å². The molecule has 11 rings (SSSR count). The average Bonchev–Trinajstić information content (AvgIpc) is 3.78. The maximum Gasteiger partial charge on any atom is 0.0541 e. The fourth-order valence-electron chi connectivity index (χ4n) is 10.9. The van der Waals surface area contributed by atoms with Crippen molar-refractivity contribution in [1.82, 2.24) is 4.57 Å². The lowest BCUT2D eigenvalue weighted by atomic mass is 9.77. The first-order valence-corrected chi connectivity index (χ1v) is 20.8. The molecule has 1 heterocycles. The van der Waals surface area contributed by atoms with Crippen molar-refractivity contribution in [3.05, 3.63) is 204 Å². The highest BCUT2D eigenvalue weighted by atomic mass is 15.1. The van der Waals surface area contributed by atoms with Crippen LogP contribution in [0, 0.1) is 5.92 Å². The predicted octanol–water partition coefficient (Wildman–Crippen LogP) is 14.8. The zero-order chi connectivity index (χ0) is 39.7. The number of rotatable bonds is 5. The third-order valence-electron chi connectivity index (χ3n) is 13.9. The molecule has 4 aliphatic carbocycles. The normalized spacial score (nSPS) is 18.7. The SMILES string of the molecule is C=CC1=CC(C)(C)c2cc(N(c3ccc4c(c3)C(C)(C)c3ccccc3-4)c3ccc4c(c3)C(C)(C)C3C=CC(n5c6ccccc6c6ccccc65)=CC=C43)ccc21. The van der Waals surface area contributed by atoms with Crippen LogP contribution in [0.5, 0.6) is 0 Å². The molecule has 0 aliphatic heterocycles. The maximum absolute atomic E-state index is 4.16. The van der Waals surface area contributed by atoms with E-state index in [-0.39, 0.29) is 22.2 Å². The number of hydrogen-bond acceptors (Lipinski definition) is 1. The number of hydrogen-bond donors (Lipinski definition) is 0. The Balaban J connectivity index is 1.06. The van der Waals surface area contributed by atoms with Crippen LogP contribution in [0.15, 0.2) is 170 Å². The van der Waals surface area contributed by atoms with Gasteiger partial charge in [-0.1, -0.05) is 151 Å². The van der Waals surface area contributed by atoms with Crippen molar-refractivity contribution < 1.29 is 0 Å². The molecule has 7 aromatic rings. The van der Waals surface area contributed by atoms with E-state index in [1.54, 1.807) is 0 Å². The quantitative estimate of drug-likeness (QED) is 0.170. The van der Waals surface area contributed by atoms with Crippen molar-refractivity contribution in [2.75, 3.05) is 4.90 Å². The lowest BCUT2D eigenvalue weighted by Crippen LogP contribution is -2.22. The minimum absolute atomic E-state index is 0.0966. The Morgan fingerprint density at radius 1 is 0.569 bits per heavy atom. The molecule has 4 aliphatic rings. The van der Waals surface area contributed by atoms with Crippen LogP contribution in [0.1, 0.15) is 74.9 Å². The molecule has 2 nitrogen and oxygen atoms in total. The van der Waals surface area contributed by atoms with Crippen LogP contribution >= 0.6 is 0 Å². The first kappa shape index (κ1) is 34.8. The molecule has 58 heavy (non-hydrogen) atoms. The van der Waals surface area contributed by atoms with E-state index >= 15 is 0 Å². The smallest absolute Gasteiger partial charge is 0.0541 e. The molecule has 0 fully saturated rings. The van der Waals surface area contributed by atoms with Crippen molar-refractivity contribution in [3.8, 4) is 11.1 Å². The summed E-state index contributed by atoms with van der Waals surface area (Å²) in [6.07, 6.45) is 13.9. The van der Waals surface area contributed by atoms with Crippen molar-refractivity contribution in [2.45, 2.75) is 57.8 Å². The van der Waals surface area contributed by atoms with Gasteiger partial charge >= 0.3 is 0 Å². The molecule has 0 saturated carbocycles. The van der Waals surface area contributed by atoms with Gasteiger partial charge in [-0.25, -0.2) is 0 Å². The van der Waals surface area contributed by atoms with Crippen LogP contribution in [0.4, 0.5) is 17.1 Å². The van der Waals surface area contributed by atoms with E-state index in [1.807, 2.05) is 6.08 Å². The Morgan fingerprint density at radius 3 is 1.83 bits per heavy atom. The van der Waals surface area contributed by atoms with Gasteiger partial charge in [-0.3, -0.25) is 0 Å². The fourth-order valence-corrected chi connectivity index (χ4v) is 10.9. The molecular formula is C56H48N2. The number of allylic oxidation sites excluding steroid dienone is 9. The lowest BCUT2D eigenvalue weighted by molar-refractivity contribution is 0.477. The lowest BCUT2D eigenvalue weighted by Gasteiger charge is -2.31. The monoisotopic (exact) mass is 748 g/mol. The summed E-state index contributed by atoms with van der Waals surface area (Å²) < 4.78 is 2.43. The first-order chi connectivity index (χ1) is 28.0. The van der Waals surface area contributed by atoms with Gasteiger partial charge in [-0.05, 0) is 116 Å². The van der Waals surface area contributed by atoms with E-state index in [1.165, 1.54) is 100 Å². The van der Waals surface area contributed by atoms with Gasteiger partial charge in [0.25, 0.3) is 0 Å². The Hall–Kier alpha value is -6.38. The molecule has 1 aromatic heterocycles. The van der Waals surface area contributed by atoms with Crippen molar-refractivity contribution in [2.24, 2.45) is 5.92 Å². The summed E-state index contributed by atoms with van der Waals surface area (Å²) >= 11 is 0. The van der Waals surface area contributed by atoms with Crippen LogP contribution in [0.2, 0.25) is 0 Å². The second-order valence-corrected chi connectivity index (χ2v) is 18.4. The van der Waals surface area contributed by atoms with Crippen molar-refractivity contribution >= 4 is 55.7 Å². The third kappa shape index (κ3) is 4.78. The van der Waals surface area contributed by atoms with Gasteiger partial charge in [0.15, 0.2) is 0 Å². The number of aromatic nitrogens is 1. The summed E-state index contributed by atoms with van der Waals surface area (Å²) in [5.41, 5.74) is 20.2. The van der Waals surface area contributed by atoms with Crippen molar-refractivity contribution in [1.29, 1.82) is 0 Å². The molecule has 0 spiro atoms. The zero-order valence-electron chi connectivity index (χ0n) is 34.3. The predicted molar refractivity (Wildman–Crippen MR) is 247 cm³/mol. The highest BCUT2D eigenvalue weighted by molar-refractivity contribution is 6.10. The molecule has 0 amide bonds. The summed E-state index contributed by atoms with van der Waals surface area (Å²) in [5.74, 6) is 0.233. The summed E-state index contributed by atoms with van der Waals surface area (Å²) in [4.78, 5) is 2.50. The second-order valence-electron chi connectivity index (χ2n) is 18.4. The van der Waals surface area contributed by atoms with Gasteiger partial charge in [0, 0.05) is 55.7 Å². The van der Waals surface area contributed by atoms with Gasteiger partial charge in [0.1, 0.15) is 0 Å². The average molecular weight is 749 g/mol. The zero-order valence-corrected chi connectivity index (χ0v) is 34.3. The van der Waals surface area contributed by atoms with E-state index in [9.17, 15) is 0 Å². The Morgan fingerprint density at radius 2 is 1.14 bits per heavy atom. The molecule has 1 atom stereocenters. The van der Waals surface area contributed by atoms with E-state index in [0.717, 1.165) is 0 Å². The van der Waals surface area contributed by atoms with Gasteiger partial charge in [0.05, 0.1) is 11.0 Å². The topological polar surface area (TPSA) is 8.17 Å². The molecule has 0 saturated heterocycles. The minimum Gasteiger partial charge on any atom is -0.310 e. The summed E-state index contributed by atoms with van der Waals surface area (Å²) in [5, 5.41) is 2.57. The van der Waals surface area contributed by atoms with Crippen LogP contribution in [0.25, 0.3) is 49.8 Å². The molecule has 1 unspecified atom stereocenters. The molecule has 0 N–H and O–H groups in total. The number of anilines is 3. The molecule has 2 heteroatoms. The van der Waals surface area contributed by atoms with E-state index in [0.29, 0.717) is 0 Å². The van der Waals surface area contributed by atoms with Gasteiger partial charge < -0.3 is 9.47 Å². The highest BCUT2D eigenvalue weighted by Crippen LogP contribution is 2.55. The standard InChI is InChI=1S/C56H48N2/c1-8-35-34-54(2,3)49-31-37(22-26-40(35)49)57(38-23-28-43-41-15-9-12-18-47(41)55(4,5)50(43)32-38)39-24-29-44-42-27-21-36(25-30-48(42)56(6,7)51(44)33-39)58-52-19-13-10-16-45(52)46-17-11-14-20-53(46)58/h8-34,48H,1H2,2-7H3. The van der Waals surface area contributed by atoms with Crippen LogP contribution < -0.4 is 4.90 Å². The summed E-state index contributed by atoms with van der Waals surface area (Å²) in [6, 6.07) is 47.9. The van der Waals surface area contributed by atoms with E-state index < -0.39 is 0 Å². The number of nitrogens with zero attached hydrogens (tertiary/aromatic N) is 2.